The van der Waals surface area contributed by atoms with Gasteiger partial charge in [0.15, 0.2) is 9.84 Å². The van der Waals surface area contributed by atoms with E-state index in [1.165, 1.54) is 12.1 Å². The molecule has 0 aliphatic rings. The Bertz CT molecular complexity index is 1130. The molecule has 0 spiro atoms. The first-order chi connectivity index (χ1) is 12.3. The van der Waals surface area contributed by atoms with Crippen molar-refractivity contribution in [3.05, 3.63) is 64.1 Å². The number of rotatable bonds is 4. The van der Waals surface area contributed by atoms with E-state index in [-0.39, 0.29) is 10.5 Å². The molecule has 0 bridgehead atoms. The Kier molecular flexibility index (Phi) is 4.43. The van der Waals surface area contributed by atoms with E-state index < -0.39 is 21.4 Å². The van der Waals surface area contributed by atoms with E-state index in [4.69, 9.17) is 0 Å². The molecular weight excluding hydrogens is 358 g/mol. The number of nitrogens with one attached hydrogen (secondary N) is 2. The largest absolute Gasteiger partial charge is 0.365 e. The van der Waals surface area contributed by atoms with E-state index >= 15 is 0 Å². The van der Waals surface area contributed by atoms with Crippen LogP contribution in [0.1, 0.15) is 15.9 Å². The van der Waals surface area contributed by atoms with E-state index in [9.17, 15) is 18.0 Å². The van der Waals surface area contributed by atoms with Crippen LogP contribution in [0, 0.1) is 6.92 Å². The molecular formula is C16H15N5O4S. The van der Waals surface area contributed by atoms with Crippen LogP contribution in [0.3, 0.4) is 0 Å². The molecule has 0 fully saturated rings. The molecule has 9 nitrogen and oxygen atoms in total. The number of amides is 1. The lowest BCUT2D eigenvalue weighted by Crippen LogP contribution is -2.16. The number of carbonyl (C=O) groups excluding carboxylic acids is 1. The van der Waals surface area contributed by atoms with Crippen LogP contribution in [0.2, 0.25) is 0 Å². The molecule has 0 aliphatic heterocycles. The van der Waals surface area contributed by atoms with Crippen molar-refractivity contribution in [3.8, 4) is 5.69 Å². The van der Waals surface area contributed by atoms with Crippen LogP contribution < -0.4 is 11.0 Å². The molecule has 1 heterocycles. The predicted molar refractivity (Wildman–Crippen MR) is 94.2 cm³/mol. The number of sulfone groups is 1. The number of anilines is 1. The number of aromatic nitrogens is 4. The van der Waals surface area contributed by atoms with Gasteiger partial charge in [-0.1, -0.05) is 6.07 Å². The highest BCUT2D eigenvalue weighted by molar-refractivity contribution is 7.90. The molecule has 3 aromatic rings. The SMILES string of the molecule is Cc1ccc(S(C)(=O)=O)cc1C(=O)Nc1ccc(-n2nn[nH]c2=O)cc1. The zero-order valence-electron chi connectivity index (χ0n) is 13.9. The number of aromatic amines is 1. The maximum absolute atomic E-state index is 12.5. The fraction of sp³-hybridized carbons (Fsp3) is 0.125. The number of benzene rings is 2. The fourth-order valence-electron chi connectivity index (χ4n) is 2.33. The maximum atomic E-state index is 12.5. The number of aryl methyl sites for hydroxylation is 1. The summed E-state index contributed by atoms with van der Waals surface area (Å²) in [6.07, 6.45) is 1.09. The average Bonchev–Trinajstić information content (AvgIpc) is 3.01. The molecule has 3 rings (SSSR count). The van der Waals surface area contributed by atoms with Crippen molar-refractivity contribution < 1.29 is 13.2 Å². The number of nitrogens with zero attached hydrogens (tertiary/aromatic N) is 3. The Morgan fingerprint density at radius 2 is 1.85 bits per heavy atom. The summed E-state index contributed by atoms with van der Waals surface area (Å²) in [5.74, 6) is -0.431. The lowest BCUT2D eigenvalue weighted by molar-refractivity contribution is 0.102. The lowest BCUT2D eigenvalue weighted by atomic mass is 10.1. The Morgan fingerprint density at radius 1 is 1.15 bits per heavy atom. The number of hydrogen-bond donors (Lipinski definition) is 2. The van der Waals surface area contributed by atoms with Crippen LogP contribution in [-0.2, 0) is 9.84 Å². The van der Waals surface area contributed by atoms with E-state index in [1.807, 2.05) is 0 Å². The lowest BCUT2D eigenvalue weighted by Gasteiger charge is -2.10. The molecule has 26 heavy (non-hydrogen) atoms. The highest BCUT2D eigenvalue weighted by Crippen LogP contribution is 2.18. The highest BCUT2D eigenvalue weighted by Gasteiger charge is 2.15. The first-order valence-corrected chi connectivity index (χ1v) is 9.38. The van der Waals surface area contributed by atoms with Crippen molar-refractivity contribution >= 4 is 21.4 Å². The second-order valence-corrected chi connectivity index (χ2v) is 7.68. The van der Waals surface area contributed by atoms with Crippen LogP contribution in [-0.4, -0.2) is 40.8 Å². The van der Waals surface area contributed by atoms with Crippen molar-refractivity contribution in [2.45, 2.75) is 11.8 Å². The highest BCUT2D eigenvalue weighted by atomic mass is 32.2. The third-order valence-corrected chi connectivity index (χ3v) is 4.83. The van der Waals surface area contributed by atoms with Gasteiger partial charge >= 0.3 is 5.69 Å². The standard InChI is InChI=1S/C16H15N5O4S/c1-10-3-8-13(26(2,24)25)9-14(10)15(22)17-11-4-6-12(7-5-11)21-16(23)18-19-20-21/h3-9H,1-2H3,(H,17,22)(H,18,20,23). The smallest absolute Gasteiger partial charge is 0.322 e. The monoisotopic (exact) mass is 373 g/mol. The van der Waals surface area contributed by atoms with Crippen LogP contribution in [0.5, 0.6) is 0 Å². The Hall–Kier alpha value is -3.27. The summed E-state index contributed by atoms with van der Waals surface area (Å²) in [6.45, 7) is 1.72. The van der Waals surface area contributed by atoms with Crippen molar-refractivity contribution in [1.82, 2.24) is 20.2 Å². The van der Waals surface area contributed by atoms with Gasteiger partial charge in [0, 0.05) is 17.5 Å². The van der Waals surface area contributed by atoms with E-state index in [0.717, 1.165) is 10.9 Å². The summed E-state index contributed by atoms with van der Waals surface area (Å²) in [6, 6.07) is 10.8. The van der Waals surface area contributed by atoms with Gasteiger partial charge in [0.05, 0.1) is 10.6 Å². The Morgan fingerprint density at radius 3 is 2.42 bits per heavy atom. The molecule has 0 radical (unpaired) electrons. The van der Waals surface area contributed by atoms with Gasteiger partial charge in [0.1, 0.15) is 0 Å². The second kappa shape index (κ2) is 6.56. The normalized spacial score (nSPS) is 11.3. The maximum Gasteiger partial charge on any atom is 0.365 e. The third-order valence-electron chi connectivity index (χ3n) is 3.72. The fourth-order valence-corrected chi connectivity index (χ4v) is 2.97. The van der Waals surface area contributed by atoms with Crippen LogP contribution in [0.25, 0.3) is 5.69 Å². The summed E-state index contributed by atoms with van der Waals surface area (Å²) >= 11 is 0. The summed E-state index contributed by atoms with van der Waals surface area (Å²) in [5, 5.41) is 11.9. The Balaban J connectivity index is 1.85. The predicted octanol–water partition coefficient (Wildman–Crippen LogP) is 0.920. The molecule has 10 heteroatoms. The number of carbonyl (C=O) groups is 1. The summed E-state index contributed by atoms with van der Waals surface area (Å²) < 4.78 is 24.4. The molecule has 0 unspecified atom stereocenters. The topological polar surface area (TPSA) is 127 Å². The third kappa shape index (κ3) is 3.54. The first-order valence-electron chi connectivity index (χ1n) is 7.48. The molecule has 134 valence electrons. The average molecular weight is 373 g/mol. The zero-order valence-corrected chi connectivity index (χ0v) is 14.7. The minimum atomic E-state index is -3.41. The quantitative estimate of drug-likeness (QED) is 0.700. The van der Waals surface area contributed by atoms with Gasteiger partial charge in [-0.3, -0.25) is 4.79 Å². The van der Waals surface area contributed by atoms with Crippen LogP contribution in [0.4, 0.5) is 5.69 Å². The van der Waals surface area contributed by atoms with Crippen molar-refractivity contribution in [1.29, 1.82) is 0 Å². The first kappa shape index (κ1) is 17.5. The molecule has 0 saturated heterocycles. The van der Waals surface area contributed by atoms with Gasteiger partial charge in [0.2, 0.25) is 0 Å². The van der Waals surface area contributed by atoms with Gasteiger partial charge in [-0.05, 0) is 59.3 Å². The van der Waals surface area contributed by atoms with Gasteiger partial charge in [0.25, 0.3) is 5.91 Å². The van der Waals surface area contributed by atoms with Gasteiger partial charge in [-0.15, -0.1) is 0 Å². The van der Waals surface area contributed by atoms with E-state index in [1.54, 1.807) is 37.3 Å². The molecule has 1 amide bonds. The summed E-state index contributed by atoms with van der Waals surface area (Å²) in [4.78, 5) is 24.1. The van der Waals surface area contributed by atoms with Gasteiger partial charge in [-0.25, -0.2) is 18.3 Å². The number of hydrogen-bond acceptors (Lipinski definition) is 6. The minimum Gasteiger partial charge on any atom is -0.322 e. The summed E-state index contributed by atoms with van der Waals surface area (Å²) in [7, 11) is -3.41. The van der Waals surface area contributed by atoms with Crippen LogP contribution >= 0.6 is 0 Å². The molecule has 0 atom stereocenters. The van der Waals surface area contributed by atoms with Crippen molar-refractivity contribution in [3.63, 3.8) is 0 Å². The molecule has 1 aromatic heterocycles. The van der Waals surface area contributed by atoms with E-state index in [0.29, 0.717) is 16.9 Å². The molecule has 2 aromatic carbocycles. The summed E-state index contributed by atoms with van der Waals surface area (Å²) in [5.41, 5.74) is 1.41. The second-order valence-electron chi connectivity index (χ2n) is 5.67. The Labute approximate surface area is 148 Å². The van der Waals surface area contributed by atoms with Gasteiger partial charge < -0.3 is 5.32 Å². The molecule has 0 aliphatic carbocycles. The zero-order chi connectivity index (χ0) is 18.9. The molecule has 0 saturated carbocycles. The number of H-pyrrole nitrogens is 1. The minimum absolute atomic E-state index is 0.0778. The van der Waals surface area contributed by atoms with Gasteiger partial charge in [-0.2, -0.15) is 4.68 Å². The van der Waals surface area contributed by atoms with E-state index in [2.05, 4.69) is 20.8 Å². The van der Waals surface area contributed by atoms with Crippen molar-refractivity contribution in [2.75, 3.05) is 11.6 Å². The molecule has 2 N–H and O–H groups in total. The van der Waals surface area contributed by atoms with Crippen molar-refractivity contribution in [2.24, 2.45) is 0 Å². The number of tetrazole rings is 1. The van der Waals surface area contributed by atoms with Crippen LogP contribution in [0.15, 0.2) is 52.2 Å².